The summed E-state index contributed by atoms with van der Waals surface area (Å²) in [6.07, 6.45) is 3.39. The van der Waals surface area contributed by atoms with Crippen molar-refractivity contribution in [3.8, 4) is 23.0 Å². The van der Waals surface area contributed by atoms with E-state index in [1.807, 2.05) is 36.4 Å². The summed E-state index contributed by atoms with van der Waals surface area (Å²) in [5, 5.41) is 0.744. The molecule has 0 aliphatic heterocycles. The van der Waals surface area contributed by atoms with Crippen molar-refractivity contribution in [3.63, 3.8) is 0 Å². The molecular formula is C22H17N3O3. The van der Waals surface area contributed by atoms with E-state index in [-0.39, 0.29) is 6.61 Å². The molecule has 0 N–H and O–H groups in total. The quantitative estimate of drug-likeness (QED) is 0.475. The van der Waals surface area contributed by atoms with Crippen LogP contribution in [0, 0.1) is 0 Å². The fourth-order valence-electron chi connectivity index (χ4n) is 2.79. The third kappa shape index (κ3) is 3.53. The molecular weight excluding hydrogens is 354 g/mol. The molecule has 0 amide bonds. The van der Waals surface area contributed by atoms with Gasteiger partial charge in [-0.2, -0.15) is 4.98 Å². The zero-order chi connectivity index (χ0) is 19.3. The number of esters is 1. The van der Waals surface area contributed by atoms with Crippen LogP contribution in [0.1, 0.15) is 17.3 Å². The normalized spacial score (nSPS) is 10.6. The summed E-state index contributed by atoms with van der Waals surface area (Å²) in [6, 6.07) is 18.2. The SMILES string of the molecule is CCOC(=O)c1ccccc1Oc1nc(-c2cccnc2)nc2ccccc12. The molecule has 0 radical (unpaired) electrons. The molecule has 0 saturated carbocycles. The number of benzene rings is 2. The molecule has 138 valence electrons. The van der Waals surface area contributed by atoms with Gasteiger partial charge in [0.1, 0.15) is 11.3 Å². The van der Waals surface area contributed by atoms with Crippen molar-refractivity contribution in [1.82, 2.24) is 15.0 Å². The van der Waals surface area contributed by atoms with Crippen LogP contribution in [-0.2, 0) is 4.74 Å². The number of para-hydroxylation sites is 2. The van der Waals surface area contributed by atoms with Crippen molar-refractivity contribution in [1.29, 1.82) is 0 Å². The lowest BCUT2D eigenvalue weighted by Crippen LogP contribution is -2.07. The van der Waals surface area contributed by atoms with Crippen LogP contribution < -0.4 is 4.74 Å². The van der Waals surface area contributed by atoms with E-state index in [9.17, 15) is 4.79 Å². The number of carbonyl (C=O) groups excluding carboxylic acids is 1. The summed E-state index contributed by atoms with van der Waals surface area (Å²) >= 11 is 0. The minimum absolute atomic E-state index is 0.286. The van der Waals surface area contributed by atoms with Crippen molar-refractivity contribution in [2.75, 3.05) is 6.61 Å². The van der Waals surface area contributed by atoms with E-state index in [4.69, 9.17) is 9.47 Å². The number of hydrogen-bond acceptors (Lipinski definition) is 6. The molecule has 2 aromatic carbocycles. The first-order chi connectivity index (χ1) is 13.8. The molecule has 28 heavy (non-hydrogen) atoms. The molecule has 4 aromatic rings. The Labute approximate surface area is 161 Å². The Morgan fingerprint density at radius 2 is 1.79 bits per heavy atom. The lowest BCUT2D eigenvalue weighted by atomic mass is 10.2. The van der Waals surface area contributed by atoms with Crippen LogP contribution in [0.5, 0.6) is 11.6 Å². The number of hydrogen-bond donors (Lipinski definition) is 0. The number of fused-ring (bicyclic) bond motifs is 1. The fourth-order valence-corrected chi connectivity index (χ4v) is 2.79. The average Bonchev–Trinajstić information content (AvgIpc) is 2.75. The van der Waals surface area contributed by atoms with Crippen molar-refractivity contribution in [2.24, 2.45) is 0 Å². The van der Waals surface area contributed by atoms with Crippen LogP contribution in [0.3, 0.4) is 0 Å². The molecule has 0 aliphatic rings. The summed E-state index contributed by atoms with van der Waals surface area (Å²) in [7, 11) is 0. The number of ether oxygens (including phenoxy) is 2. The Morgan fingerprint density at radius 1 is 0.964 bits per heavy atom. The predicted octanol–water partition coefficient (Wildman–Crippen LogP) is 4.66. The van der Waals surface area contributed by atoms with Gasteiger partial charge in [0.25, 0.3) is 0 Å². The van der Waals surface area contributed by atoms with Gasteiger partial charge in [-0.15, -0.1) is 0 Å². The Bertz CT molecular complexity index is 1130. The Balaban J connectivity index is 1.82. The molecule has 6 heteroatoms. The van der Waals surface area contributed by atoms with Crippen molar-refractivity contribution in [2.45, 2.75) is 6.92 Å². The fraction of sp³-hybridized carbons (Fsp3) is 0.0909. The monoisotopic (exact) mass is 371 g/mol. The standard InChI is InChI=1S/C22H17N3O3/c1-2-27-22(26)17-10-4-6-12-19(17)28-21-16-9-3-5-11-18(16)24-20(25-21)15-8-7-13-23-14-15/h3-14H,2H2,1H3. The van der Waals surface area contributed by atoms with Gasteiger partial charge in [-0.1, -0.05) is 24.3 Å². The van der Waals surface area contributed by atoms with Crippen LogP contribution >= 0.6 is 0 Å². The van der Waals surface area contributed by atoms with Gasteiger partial charge in [0, 0.05) is 18.0 Å². The third-order valence-electron chi connectivity index (χ3n) is 4.08. The second-order valence-electron chi connectivity index (χ2n) is 5.93. The number of pyridine rings is 1. The predicted molar refractivity (Wildman–Crippen MR) is 105 cm³/mol. The van der Waals surface area contributed by atoms with E-state index in [1.54, 1.807) is 43.6 Å². The molecule has 6 nitrogen and oxygen atoms in total. The molecule has 0 bridgehead atoms. The molecule has 0 spiro atoms. The zero-order valence-electron chi connectivity index (χ0n) is 15.2. The summed E-state index contributed by atoms with van der Waals surface area (Å²) in [5.74, 6) is 0.794. The van der Waals surface area contributed by atoms with Gasteiger partial charge in [-0.05, 0) is 43.3 Å². The Morgan fingerprint density at radius 3 is 2.61 bits per heavy atom. The van der Waals surface area contributed by atoms with E-state index in [0.29, 0.717) is 23.0 Å². The number of aromatic nitrogens is 3. The van der Waals surface area contributed by atoms with Crippen LogP contribution in [0.15, 0.2) is 73.1 Å². The maximum atomic E-state index is 12.3. The second kappa shape index (κ2) is 7.84. The summed E-state index contributed by atoms with van der Waals surface area (Å²) < 4.78 is 11.2. The lowest BCUT2D eigenvalue weighted by Gasteiger charge is -2.12. The minimum Gasteiger partial charge on any atom is -0.462 e. The summed E-state index contributed by atoms with van der Waals surface area (Å²) in [5.41, 5.74) is 1.85. The first-order valence-electron chi connectivity index (χ1n) is 8.87. The highest BCUT2D eigenvalue weighted by Crippen LogP contribution is 2.31. The van der Waals surface area contributed by atoms with Gasteiger partial charge < -0.3 is 9.47 Å². The smallest absolute Gasteiger partial charge is 0.341 e. The van der Waals surface area contributed by atoms with Crippen LogP contribution in [0.25, 0.3) is 22.3 Å². The molecule has 0 saturated heterocycles. The van der Waals surface area contributed by atoms with Gasteiger partial charge in [0.15, 0.2) is 5.82 Å². The Kier molecular flexibility index (Phi) is 4.93. The summed E-state index contributed by atoms with van der Waals surface area (Å²) in [6.45, 7) is 2.05. The lowest BCUT2D eigenvalue weighted by molar-refractivity contribution is 0.0523. The highest BCUT2D eigenvalue weighted by molar-refractivity contribution is 5.93. The van der Waals surface area contributed by atoms with E-state index in [2.05, 4.69) is 15.0 Å². The van der Waals surface area contributed by atoms with Gasteiger partial charge in [0.05, 0.1) is 17.5 Å². The average molecular weight is 371 g/mol. The van der Waals surface area contributed by atoms with Gasteiger partial charge in [-0.25, -0.2) is 9.78 Å². The summed E-state index contributed by atoms with van der Waals surface area (Å²) in [4.78, 5) is 25.6. The van der Waals surface area contributed by atoms with E-state index in [0.717, 1.165) is 16.5 Å². The number of rotatable bonds is 5. The van der Waals surface area contributed by atoms with Crippen molar-refractivity contribution in [3.05, 3.63) is 78.6 Å². The molecule has 0 aliphatic carbocycles. The van der Waals surface area contributed by atoms with Crippen molar-refractivity contribution >= 4 is 16.9 Å². The van der Waals surface area contributed by atoms with Crippen LogP contribution in [-0.4, -0.2) is 27.5 Å². The molecule has 0 atom stereocenters. The first-order valence-corrected chi connectivity index (χ1v) is 8.87. The highest BCUT2D eigenvalue weighted by Gasteiger charge is 2.17. The van der Waals surface area contributed by atoms with Gasteiger partial charge >= 0.3 is 5.97 Å². The first kappa shape index (κ1) is 17.6. The third-order valence-corrected chi connectivity index (χ3v) is 4.08. The number of carbonyl (C=O) groups is 1. The van der Waals surface area contributed by atoms with Crippen LogP contribution in [0.4, 0.5) is 0 Å². The number of nitrogens with zero attached hydrogens (tertiary/aromatic N) is 3. The van der Waals surface area contributed by atoms with Crippen molar-refractivity contribution < 1.29 is 14.3 Å². The molecule has 2 heterocycles. The topological polar surface area (TPSA) is 74.2 Å². The van der Waals surface area contributed by atoms with E-state index >= 15 is 0 Å². The second-order valence-corrected chi connectivity index (χ2v) is 5.93. The molecule has 2 aromatic heterocycles. The van der Waals surface area contributed by atoms with Gasteiger partial charge in [-0.3, -0.25) is 4.98 Å². The largest absolute Gasteiger partial charge is 0.462 e. The molecule has 0 fully saturated rings. The molecule has 0 unspecified atom stereocenters. The highest BCUT2D eigenvalue weighted by atomic mass is 16.5. The Hall–Kier alpha value is -3.80. The van der Waals surface area contributed by atoms with E-state index < -0.39 is 5.97 Å². The maximum Gasteiger partial charge on any atom is 0.341 e. The maximum absolute atomic E-state index is 12.3. The molecule has 4 rings (SSSR count). The van der Waals surface area contributed by atoms with E-state index in [1.165, 1.54) is 0 Å². The van der Waals surface area contributed by atoms with Gasteiger partial charge in [0.2, 0.25) is 5.88 Å². The zero-order valence-corrected chi connectivity index (χ0v) is 15.2. The van der Waals surface area contributed by atoms with Crippen LogP contribution in [0.2, 0.25) is 0 Å². The minimum atomic E-state index is -0.441.